The van der Waals surface area contributed by atoms with Gasteiger partial charge >= 0.3 is 14.2 Å². The minimum absolute atomic E-state index is 0.121. The third-order valence-electron chi connectivity index (χ3n) is 15.4. The number of fused-ring (bicyclic) bond motifs is 2. The molecule has 6 aromatic rings. The van der Waals surface area contributed by atoms with Gasteiger partial charge in [0, 0.05) is 5.56 Å². The second-order valence-electron chi connectivity index (χ2n) is 21.7. The fourth-order valence-electron chi connectivity index (χ4n) is 10.0. The molecule has 2 saturated heterocycles. The highest BCUT2D eigenvalue weighted by Gasteiger charge is 2.52. The van der Waals surface area contributed by atoms with Crippen molar-refractivity contribution in [3.63, 3.8) is 0 Å². The molecule has 0 spiro atoms. The van der Waals surface area contributed by atoms with Crippen LogP contribution in [0.2, 0.25) is 0 Å². The molecule has 2 aliphatic heterocycles. The number of methoxy groups -OCH3 is 2. The molecular weight excluding hydrogens is 790 g/mol. The molecule has 3 aliphatic rings. The molecule has 6 nitrogen and oxygen atoms in total. The Labute approximate surface area is 382 Å². The summed E-state index contributed by atoms with van der Waals surface area (Å²) in [7, 11) is 2.87. The third kappa shape index (κ3) is 8.08. The normalized spacial score (nSPS) is 21.5. The average molecular weight is 857 g/mol. The zero-order chi connectivity index (χ0) is 45.6. The van der Waals surface area contributed by atoms with E-state index in [0.717, 1.165) is 48.1 Å². The van der Waals surface area contributed by atoms with Crippen LogP contribution in [0.15, 0.2) is 103 Å². The van der Waals surface area contributed by atoms with E-state index in [0.29, 0.717) is 11.8 Å². The number of benzene rings is 6. The van der Waals surface area contributed by atoms with E-state index < -0.39 is 7.12 Å². The SMILES string of the molecule is COc1ccc(-c2ccc3cc(B4OC(C)(C)C(C)(C)O4)ccc3c2)cc1C1CCCC(c2cc(-c3ccc4cc(B5OC(C)(C)C(C)(C)O5)ccc4c3)cc(C(C)(C)C)c2OC)C1. The summed E-state index contributed by atoms with van der Waals surface area (Å²) < 4.78 is 38.0. The van der Waals surface area contributed by atoms with Gasteiger partial charge in [0.05, 0.1) is 36.6 Å². The van der Waals surface area contributed by atoms with Crippen molar-refractivity contribution in [2.45, 2.75) is 141 Å². The molecule has 64 heavy (non-hydrogen) atoms. The summed E-state index contributed by atoms with van der Waals surface area (Å²) in [5.74, 6) is 2.64. The molecule has 3 fully saturated rings. The van der Waals surface area contributed by atoms with E-state index in [4.69, 9.17) is 28.1 Å². The molecule has 0 aromatic heterocycles. The summed E-state index contributed by atoms with van der Waals surface area (Å²) in [6.45, 7) is 23.7. The van der Waals surface area contributed by atoms with Gasteiger partial charge in [-0.1, -0.05) is 93.9 Å². The quantitative estimate of drug-likeness (QED) is 0.142. The van der Waals surface area contributed by atoms with Crippen LogP contribution in [0.25, 0.3) is 43.8 Å². The van der Waals surface area contributed by atoms with Gasteiger partial charge in [0.15, 0.2) is 0 Å². The van der Waals surface area contributed by atoms with Gasteiger partial charge in [-0.3, -0.25) is 0 Å². The molecule has 0 N–H and O–H groups in total. The fourth-order valence-corrected chi connectivity index (χ4v) is 10.0. The van der Waals surface area contributed by atoms with E-state index >= 15 is 0 Å². The maximum absolute atomic E-state index is 6.40. The Hall–Kier alpha value is -4.59. The van der Waals surface area contributed by atoms with Crippen LogP contribution in [0.4, 0.5) is 0 Å². The maximum Gasteiger partial charge on any atom is 0.494 e. The van der Waals surface area contributed by atoms with E-state index in [2.05, 4.69) is 179 Å². The molecule has 332 valence electrons. The predicted octanol–water partition coefficient (Wildman–Crippen LogP) is 12.7. The van der Waals surface area contributed by atoms with Crippen LogP contribution in [0.3, 0.4) is 0 Å². The van der Waals surface area contributed by atoms with Crippen LogP contribution < -0.4 is 20.4 Å². The lowest BCUT2D eigenvalue weighted by Gasteiger charge is -2.34. The summed E-state index contributed by atoms with van der Waals surface area (Å²) in [6, 6.07) is 38.2. The molecular formula is C56H66B2O6. The van der Waals surface area contributed by atoms with Crippen LogP contribution in [0.5, 0.6) is 11.5 Å². The number of hydrogen-bond acceptors (Lipinski definition) is 6. The molecule has 2 heterocycles. The van der Waals surface area contributed by atoms with E-state index in [1.54, 1.807) is 7.11 Å². The Bertz CT molecular complexity index is 2710. The van der Waals surface area contributed by atoms with Crippen molar-refractivity contribution in [2.24, 2.45) is 0 Å². The minimum Gasteiger partial charge on any atom is -0.496 e. The van der Waals surface area contributed by atoms with Gasteiger partial charge in [0.25, 0.3) is 0 Å². The highest BCUT2D eigenvalue weighted by Crippen LogP contribution is 2.50. The lowest BCUT2D eigenvalue weighted by Crippen LogP contribution is -2.41. The van der Waals surface area contributed by atoms with Crippen LogP contribution in [0, 0.1) is 0 Å². The van der Waals surface area contributed by atoms with E-state index in [1.807, 2.05) is 7.11 Å². The lowest BCUT2D eigenvalue weighted by molar-refractivity contribution is 0.00578. The molecule has 8 heteroatoms. The average Bonchev–Trinajstić information content (AvgIpc) is 3.63. The van der Waals surface area contributed by atoms with Crippen LogP contribution in [-0.4, -0.2) is 50.9 Å². The van der Waals surface area contributed by atoms with Gasteiger partial charge in [0.2, 0.25) is 0 Å². The second-order valence-corrected chi connectivity index (χ2v) is 21.7. The Kier molecular flexibility index (Phi) is 11.2. The van der Waals surface area contributed by atoms with E-state index in [1.165, 1.54) is 60.5 Å². The van der Waals surface area contributed by atoms with Crippen molar-refractivity contribution >= 4 is 46.7 Å². The molecule has 1 aliphatic carbocycles. The highest BCUT2D eigenvalue weighted by atomic mass is 16.7. The summed E-state index contributed by atoms with van der Waals surface area (Å²) in [5.41, 5.74) is 9.06. The van der Waals surface area contributed by atoms with Crippen LogP contribution in [0.1, 0.15) is 130 Å². The van der Waals surface area contributed by atoms with Crippen molar-refractivity contribution in [3.8, 4) is 33.8 Å². The first-order chi connectivity index (χ1) is 30.2. The van der Waals surface area contributed by atoms with Gasteiger partial charge in [0.1, 0.15) is 11.5 Å². The Morgan fingerprint density at radius 1 is 0.484 bits per heavy atom. The van der Waals surface area contributed by atoms with Crippen molar-refractivity contribution in [1.29, 1.82) is 0 Å². The van der Waals surface area contributed by atoms with Crippen LogP contribution in [-0.2, 0) is 24.0 Å². The second kappa shape index (κ2) is 16.1. The van der Waals surface area contributed by atoms with Crippen molar-refractivity contribution in [3.05, 3.63) is 120 Å². The lowest BCUT2D eigenvalue weighted by atomic mass is 9.72. The Morgan fingerprint density at radius 3 is 1.39 bits per heavy atom. The van der Waals surface area contributed by atoms with Gasteiger partial charge < -0.3 is 28.1 Å². The maximum atomic E-state index is 6.40. The number of ether oxygens (including phenoxy) is 2. The zero-order valence-corrected chi connectivity index (χ0v) is 40.4. The molecule has 2 atom stereocenters. The van der Waals surface area contributed by atoms with Gasteiger partial charge in [-0.15, -0.1) is 0 Å². The molecule has 2 unspecified atom stereocenters. The fraction of sp³-hybridized carbons (Fsp3) is 0.429. The monoisotopic (exact) mass is 857 g/mol. The number of hydrogen-bond donors (Lipinski definition) is 0. The Morgan fingerprint density at radius 2 is 0.906 bits per heavy atom. The zero-order valence-electron chi connectivity index (χ0n) is 40.4. The van der Waals surface area contributed by atoms with Gasteiger partial charge in [-0.05, 0) is 194 Å². The van der Waals surface area contributed by atoms with Crippen LogP contribution >= 0.6 is 0 Å². The standard InChI is InChI=1S/C56H66B2O6/c1-52(2,3)49-34-44(38-18-20-40-31-46(25-22-37(40)28-38)58-63-55(8,9)56(10,11)64-58)33-48(51(49)60-13)43-16-14-15-42(29-43)47-32-41(23-26-50(47)59-12)35-17-19-39-30-45(24-21-36(39)27-35)57-61-53(4,5)54(6,7)62-57/h17-28,30-34,42-43H,14-16,29H2,1-13H3. The largest absolute Gasteiger partial charge is 0.496 e. The minimum atomic E-state index is -0.392. The van der Waals surface area contributed by atoms with Gasteiger partial charge in [-0.2, -0.15) is 0 Å². The summed E-state index contributed by atoms with van der Waals surface area (Å²) in [6.07, 6.45) is 4.37. The van der Waals surface area contributed by atoms with E-state index in [9.17, 15) is 0 Å². The summed E-state index contributed by atoms with van der Waals surface area (Å²) in [4.78, 5) is 0. The first-order valence-electron chi connectivity index (χ1n) is 23.4. The topological polar surface area (TPSA) is 55.4 Å². The summed E-state index contributed by atoms with van der Waals surface area (Å²) >= 11 is 0. The number of rotatable bonds is 8. The molecule has 0 amide bonds. The molecule has 0 radical (unpaired) electrons. The Balaban J connectivity index is 1.01. The first-order valence-corrected chi connectivity index (χ1v) is 23.4. The molecule has 0 bridgehead atoms. The smallest absolute Gasteiger partial charge is 0.494 e. The highest BCUT2D eigenvalue weighted by molar-refractivity contribution is 6.62. The molecule has 9 rings (SSSR count). The van der Waals surface area contributed by atoms with Gasteiger partial charge in [-0.25, -0.2) is 0 Å². The summed E-state index contributed by atoms with van der Waals surface area (Å²) in [5, 5.41) is 4.71. The van der Waals surface area contributed by atoms with Crippen molar-refractivity contribution in [1.82, 2.24) is 0 Å². The van der Waals surface area contributed by atoms with Crippen molar-refractivity contribution in [2.75, 3.05) is 14.2 Å². The first kappa shape index (κ1) is 44.6. The molecule has 1 saturated carbocycles. The predicted molar refractivity (Wildman–Crippen MR) is 266 cm³/mol. The third-order valence-corrected chi connectivity index (χ3v) is 15.4. The molecule has 6 aromatic carbocycles. The van der Waals surface area contributed by atoms with E-state index in [-0.39, 0.29) is 34.9 Å². The van der Waals surface area contributed by atoms with Crippen molar-refractivity contribution < 1.29 is 28.1 Å².